The summed E-state index contributed by atoms with van der Waals surface area (Å²) >= 11 is 0. The van der Waals surface area contributed by atoms with Crippen LogP contribution in [-0.2, 0) is 0 Å². The predicted octanol–water partition coefficient (Wildman–Crippen LogP) is 3.65. The molecule has 3 unspecified atom stereocenters. The fourth-order valence-electron chi connectivity index (χ4n) is 3.18. The molecule has 3 atom stereocenters. The Labute approximate surface area is 99.7 Å². The third-order valence-corrected chi connectivity index (χ3v) is 4.41. The molecule has 0 radical (unpaired) electrons. The molecule has 0 aromatic heterocycles. The van der Waals surface area contributed by atoms with Crippen LogP contribution >= 0.6 is 0 Å². The lowest BCUT2D eigenvalue weighted by Gasteiger charge is -2.45. The van der Waals surface area contributed by atoms with E-state index in [0.717, 1.165) is 38.5 Å². The third kappa shape index (κ3) is 2.40. The van der Waals surface area contributed by atoms with Gasteiger partial charge >= 0.3 is 0 Å². The summed E-state index contributed by atoms with van der Waals surface area (Å²) in [7, 11) is 0. The van der Waals surface area contributed by atoms with E-state index in [1.807, 2.05) is 6.92 Å². The van der Waals surface area contributed by atoms with Crippen molar-refractivity contribution in [3.05, 3.63) is 0 Å². The van der Waals surface area contributed by atoms with Crippen LogP contribution in [0.5, 0.6) is 0 Å². The summed E-state index contributed by atoms with van der Waals surface area (Å²) in [5.41, 5.74) is -1.31. The predicted molar refractivity (Wildman–Crippen MR) is 65.8 cm³/mol. The lowest BCUT2D eigenvalue weighted by atomic mass is 9.60. The first kappa shape index (κ1) is 13.5. The van der Waals surface area contributed by atoms with Gasteiger partial charge in [0, 0.05) is 0 Å². The molecular formula is C14H25NO. The largest absolute Gasteiger partial charge is 0.389 e. The highest BCUT2D eigenvalue weighted by Crippen LogP contribution is 2.48. The minimum atomic E-state index is -0.815. The van der Waals surface area contributed by atoms with Gasteiger partial charge in [-0.3, -0.25) is 0 Å². The molecular weight excluding hydrogens is 198 g/mol. The van der Waals surface area contributed by atoms with Crippen molar-refractivity contribution in [3.63, 3.8) is 0 Å². The van der Waals surface area contributed by atoms with Gasteiger partial charge in [0.1, 0.15) is 0 Å². The number of nitrogens with zero attached hydrogens (tertiary/aromatic N) is 1. The Kier molecular flexibility index (Phi) is 4.38. The number of rotatable bonds is 4. The SMILES string of the molecule is CCCC(C)(O)C1(C#N)CCCC(CC)C1. The van der Waals surface area contributed by atoms with Gasteiger partial charge in [0.15, 0.2) is 0 Å². The van der Waals surface area contributed by atoms with E-state index in [9.17, 15) is 10.4 Å². The van der Waals surface area contributed by atoms with Crippen molar-refractivity contribution in [3.8, 4) is 6.07 Å². The van der Waals surface area contributed by atoms with Crippen molar-refractivity contribution in [1.82, 2.24) is 0 Å². The maximum atomic E-state index is 10.6. The molecule has 2 heteroatoms. The zero-order chi connectivity index (χ0) is 12.2. The minimum Gasteiger partial charge on any atom is -0.389 e. The first-order valence-electron chi connectivity index (χ1n) is 6.65. The van der Waals surface area contributed by atoms with Crippen molar-refractivity contribution >= 4 is 0 Å². The van der Waals surface area contributed by atoms with E-state index in [0.29, 0.717) is 5.92 Å². The molecule has 0 spiro atoms. The highest BCUT2D eigenvalue weighted by atomic mass is 16.3. The van der Waals surface area contributed by atoms with E-state index < -0.39 is 11.0 Å². The molecule has 1 aliphatic rings. The summed E-state index contributed by atoms with van der Waals surface area (Å²) < 4.78 is 0. The van der Waals surface area contributed by atoms with Gasteiger partial charge in [-0.25, -0.2) is 0 Å². The molecule has 16 heavy (non-hydrogen) atoms. The molecule has 1 aliphatic carbocycles. The Morgan fingerprint density at radius 1 is 1.50 bits per heavy atom. The van der Waals surface area contributed by atoms with E-state index in [1.165, 1.54) is 6.42 Å². The van der Waals surface area contributed by atoms with Gasteiger partial charge in [-0.05, 0) is 32.1 Å². The van der Waals surface area contributed by atoms with Crippen LogP contribution in [0, 0.1) is 22.7 Å². The first-order chi connectivity index (χ1) is 7.51. The molecule has 1 saturated carbocycles. The average molecular weight is 223 g/mol. The Morgan fingerprint density at radius 3 is 2.69 bits per heavy atom. The van der Waals surface area contributed by atoms with Crippen LogP contribution in [0.2, 0.25) is 0 Å². The van der Waals surface area contributed by atoms with Crippen molar-refractivity contribution in [2.75, 3.05) is 0 Å². The normalized spacial score (nSPS) is 34.1. The van der Waals surface area contributed by atoms with Gasteiger partial charge in [-0.2, -0.15) is 5.26 Å². The second kappa shape index (κ2) is 5.19. The quantitative estimate of drug-likeness (QED) is 0.790. The molecule has 1 N–H and O–H groups in total. The highest BCUT2D eigenvalue weighted by Gasteiger charge is 2.49. The Hall–Kier alpha value is -0.550. The summed E-state index contributed by atoms with van der Waals surface area (Å²) in [6.07, 6.45) is 6.86. The van der Waals surface area contributed by atoms with Crippen molar-refractivity contribution in [2.45, 2.75) is 71.3 Å². The molecule has 0 bridgehead atoms. The molecule has 0 aromatic carbocycles. The maximum absolute atomic E-state index is 10.6. The first-order valence-corrected chi connectivity index (χ1v) is 6.65. The van der Waals surface area contributed by atoms with Gasteiger partial charge in [0.25, 0.3) is 0 Å². The van der Waals surface area contributed by atoms with E-state index in [1.54, 1.807) is 0 Å². The van der Waals surface area contributed by atoms with Crippen LogP contribution in [0.1, 0.15) is 65.7 Å². The van der Waals surface area contributed by atoms with E-state index in [-0.39, 0.29) is 0 Å². The Bertz CT molecular complexity index is 266. The molecule has 1 fully saturated rings. The van der Waals surface area contributed by atoms with Gasteiger partial charge in [0.05, 0.1) is 17.1 Å². The minimum absolute atomic E-state index is 0.498. The highest BCUT2D eigenvalue weighted by molar-refractivity contribution is 5.11. The molecule has 1 rings (SSSR count). The Morgan fingerprint density at radius 2 is 2.19 bits per heavy atom. The molecule has 0 amide bonds. The summed E-state index contributed by atoms with van der Waals surface area (Å²) in [4.78, 5) is 0. The van der Waals surface area contributed by atoms with Crippen LogP contribution in [0.4, 0.5) is 0 Å². The van der Waals surface area contributed by atoms with E-state index in [4.69, 9.17) is 0 Å². The fraction of sp³-hybridized carbons (Fsp3) is 0.929. The van der Waals surface area contributed by atoms with Crippen LogP contribution in [0.25, 0.3) is 0 Å². The molecule has 0 saturated heterocycles. The van der Waals surface area contributed by atoms with E-state index in [2.05, 4.69) is 19.9 Å². The van der Waals surface area contributed by atoms with Gasteiger partial charge in [0.2, 0.25) is 0 Å². The van der Waals surface area contributed by atoms with Crippen LogP contribution in [-0.4, -0.2) is 10.7 Å². The van der Waals surface area contributed by atoms with Crippen molar-refractivity contribution in [1.29, 1.82) is 5.26 Å². The van der Waals surface area contributed by atoms with Gasteiger partial charge in [-0.15, -0.1) is 0 Å². The standard InChI is InChI=1S/C14H25NO/c1-4-8-13(3,16)14(11-15)9-6-7-12(5-2)10-14/h12,16H,4-10H2,1-3H3. The molecule has 0 aliphatic heterocycles. The summed E-state index contributed by atoms with van der Waals surface area (Å²) in [5, 5.41) is 20.1. The second-order valence-corrected chi connectivity index (χ2v) is 5.59. The van der Waals surface area contributed by atoms with Crippen LogP contribution in [0.3, 0.4) is 0 Å². The second-order valence-electron chi connectivity index (χ2n) is 5.59. The molecule has 0 aromatic rings. The Balaban J connectivity index is 2.88. The van der Waals surface area contributed by atoms with Crippen LogP contribution in [0.15, 0.2) is 0 Å². The van der Waals surface area contributed by atoms with Crippen molar-refractivity contribution in [2.24, 2.45) is 11.3 Å². The molecule has 92 valence electrons. The zero-order valence-corrected chi connectivity index (χ0v) is 10.9. The number of hydrogen-bond donors (Lipinski definition) is 1. The van der Waals surface area contributed by atoms with Crippen LogP contribution < -0.4 is 0 Å². The number of aliphatic hydroxyl groups is 1. The van der Waals surface area contributed by atoms with Gasteiger partial charge < -0.3 is 5.11 Å². The summed E-state index contributed by atoms with van der Waals surface area (Å²) in [6.45, 7) is 6.12. The van der Waals surface area contributed by atoms with Gasteiger partial charge in [-0.1, -0.05) is 39.5 Å². The topological polar surface area (TPSA) is 44.0 Å². The average Bonchev–Trinajstić information content (AvgIpc) is 2.28. The monoisotopic (exact) mass is 223 g/mol. The zero-order valence-electron chi connectivity index (χ0n) is 10.9. The smallest absolute Gasteiger partial charge is 0.0860 e. The fourth-order valence-corrected chi connectivity index (χ4v) is 3.18. The molecule has 2 nitrogen and oxygen atoms in total. The van der Waals surface area contributed by atoms with Crippen molar-refractivity contribution < 1.29 is 5.11 Å². The number of hydrogen-bond acceptors (Lipinski definition) is 2. The van der Waals surface area contributed by atoms with E-state index >= 15 is 0 Å². The number of nitriles is 1. The summed E-state index contributed by atoms with van der Waals surface area (Å²) in [5.74, 6) is 0.622. The molecule has 0 heterocycles. The maximum Gasteiger partial charge on any atom is 0.0860 e. The lowest BCUT2D eigenvalue weighted by molar-refractivity contribution is -0.0739. The third-order valence-electron chi connectivity index (χ3n) is 4.41. The lowest BCUT2D eigenvalue weighted by Crippen LogP contribution is -2.47. The summed E-state index contributed by atoms with van der Waals surface area (Å²) in [6, 6.07) is 2.46.